The van der Waals surface area contributed by atoms with Gasteiger partial charge in [0.25, 0.3) is 0 Å². The van der Waals surface area contributed by atoms with Crippen LogP contribution in [0, 0.1) is 0 Å². The van der Waals surface area contributed by atoms with Gasteiger partial charge >= 0.3 is 0 Å². The summed E-state index contributed by atoms with van der Waals surface area (Å²) in [6.45, 7) is 2.77. The van der Waals surface area contributed by atoms with Crippen LogP contribution >= 0.6 is 12.4 Å². The number of hydrogen-bond donors (Lipinski definition) is 3. The minimum absolute atomic E-state index is 0. The van der Waals surface area contributed by atoms with Crippen LogP contribution in [0.4, 0.5) is 0 Å². The summed E-state index contributed by atoms with van der Waals surface area (Å²) in [6.07, 6.45) is 1.83. The highest BCUT2D eigenvalue weighted by Crippen LogP contribution is 2.17. The number of halogens is 1. The van der Waals surface area contributed by atoms with Crippen molar-refractivity contribution in [2.45, 2.75) is 25.3 Å². The Morgan fingerprint density at radius 2 is 2.13 bits per heavy atom. The van der Waals surface area contributed by atoms with Crippen molar-refractivity contribution in [2.24, 2.45) is 0 Å². The molecule has 0 saturated carbocycles. The van der Waals surface area contributed by atoms with Crippen molar-refractivity contribution in [1.29, 1.82) is 0 Å². The van der Waals surface area contributed by atoms with E-state index in [1.165, 1.54) is 0 Å². The maximum absolute atomic E-state index is 11.6. The number of carbonyl (C=O) groups is 2. The Morgan fingerprint density at radius 3 is 2.60 bits per heavy atom. The fourth-order valence-corrected chi connectivity index (χ4v) is 1.53. The Bertz CT molecular complexity index is 240. The average molecular weight is 236 g/mol. The van der Waals surface area contributed by atoms with Crippen LogP contribution in [0.2, 0.25) is 0 Å². The van der Waals surface area contributed by atoms with E-state index in [4.69, 9.17) is 0 Å². The molecule has 1 aliphatic rings. The molecule has 15 heavy (non-hydrogen) atoms. The quantitative estimate of drug-likeness (QED) is 0.613. The van der Waals surface area contributed by atoms with Crippen molar-refractivity contribution in [3.63, 3.8) is 0 Å². The number of hydrogen-bond acceptors (Lipinski definition) is 3. The lowest BCUT2D eigenvalue weighted by atomic mass is 9.99. The van der Waals surface area contributed by atoms with Crippen molar-refractivity contribution in [3.8, 4) is 0 Å². The highest BCUT2D eigenvalue weighted by molar-refractivity contribution is 5.90. The molecule has 1 rings (SSSR count). The van der Waals surface area contributed by atoms with Crippen LogP contribution in [-0.4, -0.2) is 37.5 Å². The van der Waals surface area contributed by atoms with Gasteiger partial charge in [-0.1, -0.05) is 0 Å². The van der Waals surface area contributed by atoms with Gasteiger partial charge in [0.15, 0.2) is 0 Å². The average Bonchev–Trinajstić information content (AvgIpc) is 2.62. The molecule has 1 saturated heterocycles. The molecule has 0 spiro atoms. The zero-order valence-corrected chi connectivity index (χ0v) is 9.87. The van der Waals surface area contributed by atoms with Gasteiger partial charge in [0.05, 0.1) is 12.1 Å². The first-order valence-corrected chi connectivity index (χ1v) is 4.82. The Morgan fingerprint density at radius 1 is 1.47 bits per heavy atom. The molecule has 1 heterocycles. The number of likely N-dealkylation sites (N-methyl/N-ethyl adjacent to an activating group) is 1. The summed E-state index contributed by atoms with van der Waals surface area (Å²) in [5.41, 5.74) is -0.492. The molecule has 88 valence electrons. The maximum atomic E-state index is 11.6. The van der Waals surface area contributed by atoms with Crippen LogP contribution in [0.15, 0.2) is 0 Å². The summed E-state index contributed by atoms with van der Waals surface area (Å²) in [5.74, 6) is -0.279. The fraction of sp³-hybridized carbons (Fsp3) is 0.778. The number of amides is 2. The molecule has 0 bridgehead atoms. The van der Waals surface area contributed by atoms with E-state index in [0.717, 1.165) is 19.4 Å². The normalized spacial score (nSPS) is 24.1. The molecule has 3 N–H and O–H groups in total. The molecular weight excluding hydrogens is 218 g/mol. The van der Waals surface area contributed by atoms with Gasteiger partial charge in [-0.2, -0.15) is 0 Å². The first-order chi connectivity index (χ1) is 6.58. The first-order valence-electron chi connectivity index (χ1n) is 4.82. The van der Waals surface area contributed by atoms with Crippen LogP contribution in [0.5, 0.6) is 0 Å². The molecular formula is C9H18ClN3O2. The molecule has 1 unspecified atom stereocenters. The highest BCUT2D eigenvalue weighted by atomic mass is 35.5. The van der Waals surface area contributed by atoms with Crippen molar-refractivity contribution < 1.29 is 9.59 Å². The molecule has 2 amide bonds. The summed E-state index contributed by atoms with van der Waals surface area (Å²) in [4.78, 5) is 22.5. The predicted molar refractivity (Wildman–Crippen MR) is 60.0 cm³/mol. The van der Waals surface area contributed by atoms with Crippen molar-refractivity contribution >= 4 is 24.2 Å². The summed E-state index contributed by atoms with van der Waals surface area (Å²) >= 11 is 0. The Kier molecular flexibility index (Phi) is 5.60. The Hall–Kier alpha value is -0.810. The minimum atomic E-state index is -0.492. The molecule has 1 aliphatic heterocycles. The van der Waals surface area contributed by atoms with Gasteiger partial charge in [0, 0.05) is 7.05 Å². The van der Waals surface area contributed by atoms with Gasteiger partial charge < -0.3 is 16.0 Å². The van der Waals surface area contributed by atoms with Crippen LogP contribution in [-0.2, 0) is 9.59 Å². The number of rotatable bonds is 3. The van der Waals surface area contributed by atoms with Gasteiger partial charge in [0.1, 0.15) is 0 Å². The van der Waals surface area contributed by atoms with Crippen LogP contribution in [0.3, 0.4) is 0 Å². The highest BCUT2D eigenvalue weighted by Gasteiger charge is 2.35. The molecule has 5 nitrogen and oxygen atoms in total. The molecule has 0 aliphatic carbocycles. The third-order valence-electron chi connectivity index (χ3n) is 2.56. The van der Waals surface area contributed by atoms with Gasteiger partial charge in [-0.15, -0.1) is 12.4 Å². The second kappa shape index (κ2) is 5.92. The van der Waals surface area contributed by atoms with E-state index in [1.54, 1.807) is 7.05 Å². The van der Waals surface area contributed by atoms with E-state index in [9.17, 15) is 9.59 Å². The Labute approximate surface area is 95.8 Å². The monoisotopic (exact) mass is 235 g/mol. The maximum Gasteiger partial charge on any atom is 0.240 e. The zero-order chi connectivity index (χ0) is 10.6. The fourth-order valence-electron chi connectivity index (χ4n) is 1.53. The van der Waals surface area contributed by atoms with E-state index >= 15 is 0 Å². The lowest BCUT2D eigenvalue weighted by Crippen LogP contribution is -2.52. The van der Waals surface area contributed by atoms with Gasteiger partial charge in [-0.25, -0.2) is 0 Å². The smallest absolute Gasteiger partial charge is 0.240 e. The summed E-state index contributed by atoms with van der Waals surface area (Å²) in [7, 11) is 1.55. The van der Waals surface area contributed by atoms with E-state index in [2.05, 4.69) is 16.0 Å². The molecule has 0 aromatic carbocycles. The van der Waals surface area contributed by atoms with Crippen LogP contribution in [0.25, 0.3) is 0 Å². The lowest BCUT2D eigenvalue weighted by molar-refractivity contribution is -0.129. The van der Waals surface area contributed by atoms with Crippen LogP contribution < -0.4 is 16.0 Å². The zero-order valence-electron chi connectivity index (χ0n) is 9.05. The largest absolute Gasteiger partial charge is 0.358 e. The molecule has 0 aromatic rings. The SMILES string of the molecule is CNC(=O)CNC(=O)C1(C)CCCN1.Cl. The topological polar surface area (TPSA) is 70.2 Å². The van der Waals surface area contributed by atoms with Crippen molar-refractivity contribution in [3.05, 3.63) is 0 Å². The van der Waals surface area contributed by atoms with Crippen molar-refractivity contribution in [1.82, 2.24) is 16.0 Å². The molecule has 0 radical (unpaired) electrons. The molecule has 6 heteroatoms. The second-order valence-corrected chi connectivity index (χ2v) is 3.72. The summed E-state index contributed by atoms with van der Waals surface area (Å²) in [5, 5.41) is 8.18. The summed E-state index contributed by atoms with van der Waals surface area (Å²) in [6, 6.07) is 0. The number of carbonyl (C=O) groups excluding carboxylic acids is 2. The van der Waals surface area contributed by atoms with Crippen LogP contribution in [0.1, 0.15) is 19.8 Å². The van der Waals surface area contributed by atoms with Crippen molar-refractivity contribution in [2.75, 3.05) is 20.1 Å². The predicted octanol–water partition coefficient (Wildman–Crippen LogP) is -0.587. The van der Waals surface area contributed by atoms with Gasteiger partial charge in [-0.05, 0) is 26.3 Å². The first kappa shape index (κ1) is 14.2. The Balaban J connectivity index is 0.00000196. The van der Waals surface area contributed by atoms with E-state index in [-0.39, 0.29) is 30.8 Å². The van der Waals surface area contributed by atoms with E-state index < -0.39 is 5.54 Å². The number of nitrogens with one attached hydrogen (secondary N) is 3. The summed E-state index contributed by atoms with van der Waals surface area (Å²) < 4.78 is 0. The standard InChI is InChI=1S/C9H17N3O2.ClH/c1-9(4-3-5-12-9)8(14)11-6-7(13)10-2;/h12H,3-6H2,1-2H3,(H,10,13)(H,11,14);1H. The third kappa shape index (κ3) is 3.68. The third-order valence-corrected chi connectivity index (χ3v) is 2.56. The molecule has 1 atom stereocenters. The van der Waals surface area contributed by atoms with Gasteiger partial charge in [0.2, 0.25) is 11.8 Å². The van der Waals surface area contributed by atoms with E-state index in [0.29, 0.717) is 0 Å². The second-order valence-electron chi connectivity index (χ2n) is 3.72. The minimum Gasteiger partial charge on any atom is -0.358 e. The molecule has 0 aromatic heterocycles. The van der Waals surface area contributed by atoms with Gasteiger partial charge in [-0.3, -0.25) is 9.59 Å². The molecule has 1 fully saturated rings. The van der Waals surface area contributed by atoms with E-state index in [1.807, 2.05) is 6.92 Å². The lowest BCUT2D eigenvalue weighted by Gasteiger charge is -2.22.